The first-order chi connectivity index (χ1) is 15.0. The molecule has 1 aromatic heterocycles. The summed E-state index contributed by atoms with van der Waals surface area (Å²) in [4.78, 5) is 32.1. The number of hydrogen-bond donors (Lipinski definition) is 1. The van der Waals surface area contributed by atoms with Crippen molar-refractivity contribution < 1.29 is 19.1 Å². The van der Waals surface area contributed by atoms with E-state index < -0.39 is 11.6 Å². The number of piperidine rings is 1. The molecule has 1 aromatic carbocycles. The first-order valence-corrected chi connectivity index (χ1v) is 10.4. The Kier molecular flexibility index (Phi) is 5.85. The number of nitrogens with zero attached hydrogens (tertiary/aromatic N) is 4. The number of pyridine rings is 1. The number of anilines is 1. The van der Waals surface area contributed by atoms with Crippen LogP contribution in [0.3, 0.4) is 0 Å². The van der Waals surface area contributed by atoms with Crippen LogP contribution in [0.2, 0.25) is 0 Å². The topological polar surface area (TPSA) is 97.5 Å². The summed E-state index contributed by atoms with van der Waals surface area (Å²) in [6.45, 7) is 2.78. The molecule has 31 heavy (non-hydrogen) atoms. The van der Waals surface area contributed by atoms with Crippen molar-refractivity contribution >= 4 is 18.0 Å². The highest BCUT2D eigenvalue weighted by Crippen LogP contribution is 2.32. The number of nitriles is 1. The number of rotatable bonds is 4. The van der Waals surface area contributed by atoms with Gasteiger partial charge in [-0.3, -0.25) is 9.59 Å². The molecule has 0 radical (unpaired) electrons. The van der Waals surface area contributed by atoms with Crippen molar-refractivity contribution in [3.8, 4) is 11.8 Å². The van der Waals surface area contributed by atoms with E-state index in [1.54, 1.807) is 4.90 Å². The predicted molar refractivity (Wildman–Crippen MR) is 112 cm³/mol. The lowest BCUT2D eigenvalue weighted by Gasteiger charge is -2.32. The zero-order valence-corrected chi connectivity index (χ0v) is 17.1. The Morgan fingerprint density at radius 3 is 2.55 bits per heavy atom. The van der Waals surface area contributed by atoms with Crippen LogP contribution in [0.4, 0.5) is 10.2 Å². The molecule has 2 fully saturated rings. The largest absolute Gasteiger partial charge is 0.504 e. The standard InChI is InChI=1S/C23H23FN4O3/c24-20-11-16(9-19(14-29)21(20)30)23(31)28-7-3-15(4-8-28)18-10-17(12-25)22(26-13-18)27-5-1-2-6-27/h9-11,13-15,30H,1-8H2. The molecule has 2 aromatic rings. The predicted octanol–water partition coefficient (Wildman–Crippen LogP) is 3.23. The molecule has 0 bridgehead atoms. The molecule has 2 aliphatic rings. The van der Waals surface area contributed by atoms with E-state index in [-0.39, 0.29) is 23.0 Å². The van der Waals surface area contributed by atoms with Crippen LogP contribution in [0.1, 0.15) is 63.4 Å². The smallest absolute Gasteiger partial charge is 0.253 e. The summed E-state index contributed by atoms with van der Waals surface area (Å²) in [7, 11) is 0. The number of aromatic nitrogens is 1. The van der Waals surface area contributed by atoms with Gasteiger partial charge >= 0.3 is 0 Å². The Morgan fingerprint density at radius 1 is 1.19 bits per heavy atom. The van der Waals surface area contributed by atoms with E-state index in [9.17, 15) is 24.3 Å². The second kappa shape index (κ2) is 8.72. The number of hydrogen-bond acceptors (Lipinski definition) is 6. The normalized spacial score (nSPS) is 16.9. The first-order valence-electron chi connectivity index (χ1n) is 10.4. The van der Waals surface area contributed by atoms with Gasteiger partial charge in [-0.05, 0) is 55.4 Å². The molecule has 7 nitrogen and oxygen atoms in total. The van der Waals surface area contributed by atoms with Crippen LogP contribution < -0.4 is 4.90 Å². The van der Waals surface area contributed by atoms with Crippen molar-refractivity contribution in [2.45, 2.75) is 31.6 Å². The molecule has 0 spiro atoms. The molecule has 1 amide bonds. The Hall–Kier alpha value is -3.47. The summed E-state index contributed by atoms with van der Waals surface area (Å²) in [5.41, 5.74) is 1.37. The van der Waals surface area contributed by atoms with Crippen molar-refractivity contribution in [1.82, 2.24) is 9.88 Å². The zero-order valence-electron chi connectivity index (χ0n) is 17.1. The summed E-state index contributed by atoms with van der Waals surface area (Å²) in [6, 6.07) is 6.34. The Bertz CT molecular complexity index is 1050. The van der Waals surface area contributed by atoms with Gasteiger partial charge in [0, 0.05) is 37.9 Å². The monoisotopic (exact) mass is 422 g/mol. The summed E-state index contributed by atoms with van der Waals surface area (Å²) < 4.78 is 13.8. The molecule has 0 aliphatic carbocycles. The van der Waals surface area contributed by atoms with Gasteiger partial charge in [-0.1, -0.05) is 0 Å². The fourth-order valence-electron chi connectivity index (χ4n) is 4.39. The molecular formula is C23H23FN4O3. The van der Waals surface area contributed by atoms with Gasteiger partial charge in [-0.15, -0.1) is 0 Å². The van der Waals surface area contributed by atoms with E-state index in [0.717, 1.165) is 43.4 Å². The number of aromatic hydroxyl groups is 1. The highest BCUT2D eigenvalue weighted by molar-refractivity contribution is 5.96. The summed E-state index contributed by atoms with van der Waals surface area (Å²) in [5.74, 6) is -1.18. The van der Waals surface area contributed by atoms with Crippen LogP contribution in [-0.4, -0.2) is 53.4 Å². The first kappa shape index (κ1) is 20.8. The van der Waals surface area contributed by atoms with Crippen LogP contribution in [0, 0.1) is 17.1 Å². The van der Waals surface area contributed by atoms with Crippen molar-refractivity contribution in [2.75, 3.05) is 31.1 Å². The van der Waals surface area contributed by atoms with Crippen LogP contribution in [-0.2, 0) is 0 Å². The lowest BCUT2D eigenvalue weighted by Crippen LogP contribution is -2.38. The second-order valence-electron chi connectivity index (χ2n) is 8.03. The van der Waals surface area contributed by atoms with Gasteiger partial charge in [0.1, 0.15) is 11.9 Å². The molecule has 2 saturated heterocycles. The molecule has 4 rings (SSSR count). The van der Waals surface area contributed by atoms with Gasteiger partial charge < -0.3 is 14.9 Å². The third-order valence-electron chi connectivity index (χ3n) is 6.13. The van der Waals surface area contributed by atoms with Gasteiger partial charge in [-0.25, -0.2) is 9.37 Å². The number of aldehydes is 1. The number of amides is 1. The van der Waals surface area contributed by atoms with Gasteiger partial charge in [0.25, 0.3) is 5.91 Å². The zero-order chi connectivity index (χ0) is 22.0. The maximum Gasteiger partial charge on any atom is 0.253 e. The van der Waals surface area contributed by atoms with Crippen molar-refractivity contribution in [3.63, 3.8) is 0 Å². The highest BCUT2D eigenvalue weighted by Gasteiger charge is 2.27. The lowest BCUT2D eigenvalue weighted by atomic mass is 9.89. The van der Waals surface area contributed by atoms with Gasteiger partial charge in [0.05, 0.1) is 11.1 Å². The Morgan fingerprint density at radius 2 is 1.90 bits per heavy atom. The van der Waals surface area contributed by atoms with E-state index in [1.807, 2.05) is 12.3 Å². The molecule has 160 valence electrons. The third kappa shape index (κ3) is 4.08. The SMILES string of the molecule is N#Cc1cc(C2CCN(C(=O)c3cc(F)c(O)c(C=O)c3)CC2)cnc1N1CCCC1. The Labute approximate surface area is 179 Å². The molecule has 0 atom stereocenters. The third-order valence-corrected chi connectivity index (χ3v) is 6.13. The highest BCUT2D eigenvalue weighted by atomic mass is 19.1. The van der Waals surface area contributed by atoms with E-state index in [4.69, 9.17) is 0 Å². The number of carbonyl (C=O) groups excluding carboxylic acids is 2. The Balaban J connectivity index is 1.45. The number of benzene rings is 1. The second-order valence-corrected chi connectivity index (χ2v) is 8.03. The van der Waals surface area contributed by atoms with Crippen LogP contribution >= 0.6 is 0 Å². The average Bonchev–Trinajstić information content (AvgIpc) is 3.34. The molecule has 8 heteroatoms. The van der Waals surface area contributed by atoms with E-state index in [2.05, 4.69) is 16.0 Å². The summed E-state index contributed by atoms with van der Waals surface area (Å²) >= 11 is 0. The lowest BCUT2D eigenvalue weighted by molar-refractivity contribution is 0.0712. The number of carbonyl (C=O) groups is 2. The molecule has 3 heterocycles. The molecular weight excluding hydrogens is 399 g/mol. The number of likely N-dealkylation sites (tertiary alicyclic amines) is 1. The average molecular weight is 422 g/mol. The number of phenols is 1. The minimum Gasteiger partial charge on any atom is -0.504 e. The van der Waals surface area contributed by atoms with Gasteiger partial charge in [-0.2, -0.15) is 5.26 Å². The van der Waals surface area contributed by atoms with E-state index in [0.29, 0.717) is 37.8 Å². The summed E-state index contributed by atoms with van der Waals surface area (Å²) in [6.07, 6.45) is 5.78. The molecule has 2 aliphatic heterocycles. The quantitative estimate of drug-likeness (QED) is 0.760. The fourth-order valence-corrected chi connectivity index (χ4v) is 4.39. The van der Waals surface area contributed by atoms with Crippen LogP contribution in [0.5, 0.6) is 5.75 Å². The number of halogens is 1. The molecule has 0 unspecified atom stereocenters. The molecule has 0 saturated carbocycles. The van der Waals surface area contributed by atoms with Crippen molar-refractivity contribution in [1.29, 1.82) is 5.26 Å². The van der Waals surface area contributed by atoms with Gasteiger partial charge in [0.2, 0.25) is 0 Å². The minimum absolute atomic E-state index is 0.0410. The summed E-state index contributed by atoms with van der Waals surface area (Å²) in [5, 5.41) is 19.1. The maximum absolute atomic E-state index is 13.8. The maximum atomic E-state index is 13.8. The number of phenolic OH excluding ortho intramolecular Hbond substituents is 1. The minimum atomic E-state index is -0.990. The van der Waals surface area contributed by atoms with Crippen LogP contribution in [0.25, 0.3) is 0 Å². The van der Waals surface area contributed by atoms with Gasteiger partial charge in [0.15, 0.2) is 17.9 Å². The fraction of sp³-hybridized carbons (Fsp3) is 0.391. The van der Waals surface area contributed by atoms with Crippen molar-refractivity contribution in [3.05, 3.63) is 52.5 Å². The van der Waals surface area contributed by atoms with E-state index >= 15 is 0 Å². The van der Waals surface area contributed by atoms with E-state index in [1.165, 1.54) is 6.07 Å². The van der Waals surface area contributed by atoms with Crippen molar-refractivity contribution in [2.24, 2.45) is 0 Å². The van der Waals surface area contributed by atoms with Crippen LogP contribution in [0.15, 0.2) is 24.4 Å². The molecule has 1 N–H and O–H groups in total.